The van der Waals surface area contributed by atoms with Gasteiger partial charge in [-0.15, -0.1) is 0 Å². The van der Waals surface area contributed by atoms with E-state index in [0.29, 0.717) is 19.3 Å². The minimum absolute atomic E-state index is 0.0848. The van der Waals surface area contributed by atoms with Crippen molar-refractivity contribution in [1.82, 2.24) is 0 Å². The lowest BCUT2D eigenvalue weighted by molar-refractivity contribution is -0.167. The summed E-state index contributed by atoms with van der Waals surface area (Å²) in [5.41, 5.74) is 0. The van der Waals surface area contributed by atoms with Crippen LogP contribution in [0, 0.1) is 0 Å². The zero-order chi connectivity index (χ0) is 41.5. The van der Waals surface area contributed by atoms with Gasteiger partial charge in [0.1, 0.15) is 13.2 Å². The largest absolute Gasteiger partial charge is 0.462 e. The van der Waals surface area contributed by atoms with E-state index >= 15 is 0 Å². The number of unbranched alkanes of at least 4 members (excludes halogenated alkanes) is 21. The molecular weight excluding hydrogens is 709 g/mol. The molecule has 0 aromatic rings. The van der Waals surface area contributed by atoms with E-state index < -0.39 is 6.10 Å². The van der Waals surface area contributed by atoms with E-state index in [9.17, 15) is 14.4 Å². The molecule has 0 aliphatic rings. The van der Waals surface area contributed by atoms with Crippen molar-refractivity contribution < 1.29 is 28.6 Å². The zero-order valence-electron chi connectivity index (χ0n) is 37.3. The molecule has 0 spiro atoms. The van der Waals surface area contributed by atoms with Gasteiger partial charge in [0.05, 0.1) is 0 Å². The summed E-state index contributed by atoms with van der Waals surface area (Å²) in [6.07, 6.45) is 55.0. The minimum atomic E-state index is -0.782. The van der Waals surface area contributed by atoms with E-state index in [1.165, 1.54) is 83.5 Å². The average molecular weight is 797 g/mol. The second-order valence-electron chi connectivity index (χ2n) is 15.7. The summed E-state index contributed by atoms with van der Waals surface area (Å²) in [5.74, 6) is -0.923. The van der Waals surface area contributed by atoms with Crippen LogP contribution in [0.1, 0.15) is 226 Å². The molecule has 57 heavy (non-hydrogen) atoms. The van der Waals surface area contributed by atoms with Gasteiger partial charge in [-0.2, -0.15) is 0 Å². The van der Waals surface area contributed by atoms with E-state index in [4.69, 9.17) is 14.2 Å². The van der Waals surface area contributed by atoms with Crippen LogP contribution in [-0.2, 0) is 28.6 Å². The molecule has 0 aromatic carbocycles. The Hall–Kier alpha value is -2.89. The number of ether oxygens (including phenoxy) is 3. The number of hydrogen-bond donors (Lipinski definition) is 0. The highest BCUT2D eigenvalue weighted by Crippen LogP contribution is 2.13. The Labute approximate surface area is 351 Å². The molecule has 1 unspecified atom stereocenters. The molecule has 0 radical (unpaired) electrons. The second-order valence-corrected chi connectivity index (χ2v) is 15.7. The lowest BCUT2D eigenvalue weighted by Crippen LogP contribution is -2.30. The van der Waals surface area contributed by atoms with Crippen LogP contribution in [0.5, 0.6) is 0 Å². The van der Waals surface area contributed by atoms with Crippen molar-refractivity contribution in [2.45, 2.75) is 232 Å². The number of rotatable bonds is 42. The summed E-state index contributed by atoms with van der Waals surface area (Å²) < 4.78 is 16.6. The number of esters is 3. The van der Waals surface area contributed by atoms with Gasteiger partial charge >= 0.3 is 17.9 Å². The Morgan fingerprint density at radius 1 is 0.351 bits per heavy atom. The number of carbonyl (C=O) groups is 3. The van der Waals surface area contributed by atoms with Gasteiger partial charge in [0.15, 0.2) is 6.10 Å². The van der Waals surface area contributed by atoms with Crippen LogP contribution < -0.4 is 0 Å². The highest BCUT2D eigenvalue weighted by Gasteiger charge is 2.19. The quantitative estimate of drug-likeness (QED) is 0.0265. The van der Waals surface area contributed by atoms with Gasteiger partial charge in [0.2, 0.25) is 0 Å². The van der Waals surface area contributed by atoms with Crippen LogP contribution in [0.4, 0.5) is 0 Å². The van der Waals surface area contributed by atoms with Gasteiger partial charge < -0.3 is 14.2 Å². The Balaban J connectivity index is 4.28. The third-order valence-electron chi connectivity index (χ3n) is 9.99. The molecule has 0 aromatic heterocycles. The topological polar surface area (TPSA) is 78.9 Å². The third kappa shape index (κ3) is 44.1. The predicted octanol–water partition coefficient (Wildman–Crippen LogP) is 15.3. The Morgan fingerprint density at radius 3 is 1.07 bits per heavy atom. The van der Waals surface area contributed by atoms with Gasteiger partial charge in [-0.25, -0.2) is 0 Å². The normalized spacial score (nSPS) is 12.5. The molecule has 6 nitrogen and oxygen atoms in total. The van der Waals surface area contributed by atoms with Crippen LogP contribution in [0.15, 0.2) is 60.8 Å². The molecule has 0 aliphatic heterocycles. The molecule has 0 amide bonds. The van der Waals surface area contributed by atoms with Crippen molar-refractivity contribution in [2.75, 3.05) is 13.2 Å². The van der Waals surface area contributed by atoms with Crippen LogP contribution >= 0.6 is 0 Å². The monoisotopic (exact) mass is 797 g/mol. The summed E-state index contributed by atoms with van der Waals surface area (Å²) in [4.78, 5) is 37.6. The van der Waals surface area contributed by atoms with Gasteiger partial charge in [-0.3, -0.25) is 14.4 Å². The standard InChI is InChI=1S/C51H88O6/c1-4-7-10-13-16-18-20-22-24-25-26-27-28-30-31-33-35-38-41-44-50(53)56-47-48(46-55-49(52)43-40-37-15-12-9-6-3)57-51(54)45-42-39-36-34-32-29-23-21-19-17-14-11-8-5-2/h14,16-18,21-24,26-27,48H,4-13,15,19-20,25,28-47H2,1-3H3/b17-14-,18-16-,23-21-,24-22-,27-26-. The number of carbonyl (C=O) groups excluding carboxylic acids is 3. The lowest BCUT2D eigenvalue weighted by atomic mass is 10.1. The van der Waals surface area contributed by atoms with Crippen LogP contribution in [0.25, 0.3) is 0 Å². The first-order valence-electron chi connectivity index (χ1n) is 23.8. The molecule has 0 fully saturated rings. The average Bonchev–Trinajstić information content (AvgIpc) is 3.21. The second kappa shape index (κ2) is 45.8. The Kier molecular flexibility index (Phi) is 43.5. The zero-order valence-corrected chi connectivity index (χ0v) is 37.3. The van der Waals surface area contributed by atoms with Crippen LogP contribution in [0.2, 0.25) is 0 Å². The third-order valence-corrected chi connectivity index (χ3v) is 9.99. The first-order chi connectivity index (χ1) is 28.0. The van der Waals surface area contributed by atoms with Gasteiger partial charge in [-0.05, 0) is 83.5 Å². The molecule has 0 saturated carbocycles. The van der Waals surface area contributed by atoms with E-state index in [1.807, 2.05) is 0 Å². The fraction of sp³-hybridized carbons (Fsp3) is 0.745. The molecule has 0 saturated heterocycles. The Bertz CT molecular complexity index is 1050. The van der Waals surface area contributed by atoms with Crippen molar-refractivity contribution in [1.29, 1.82) is 0 Å². The first kappa shape index (κ1) is 54.1. The van der Waals surface area contributed by atoms with Gasteiger partial charge in [0.25, 0.3) is 0 Å². The van der Waals surface area contributed by atoms with E-state index in [1.54, 1.807) is 0 Å². The number of allylic oxidation sites excluding steroid dienone is 10. The summed E-state index contributed by atoms with van der Waals surface area (Å²) in [5, 5.41) is 0. The fourth-order valence-corrected chi connectivity index (χ4v) is 6.35. The van der Waals surface area contributed by atoms with Crippen molar-refractivity contribution in [3.05, 3.63) is 60.8 Å². The van der Waals surface area contributed by atoms with E-state index in [-0.39, 0.29) is 31.1 Å². The summed E-state index contributed by atoms with van der Waals surface area (Å²) >= 11 is 0. The molecule has 0 N–H and O–H groups in total. The smallest absolute Gasteiger partial charge is 0.306 e. The highest BCUT2D eigenvalue weighted by atomic mass is 16.6. The van der Waals surface area contributed by atoms with Crippen molar-refractivity contribution in [3.63, 3.8) is 0 Å². The molecule has 1 atom stereocenters. The van der Waals surface area contributed by atoms with Crippen LogP contribution in [-0.4, -0.2) is 37.2 Å². The van der Waals surface area contributed by atoms with Gasteiger partial charge in [0, 0.05) is 19.3 Å². The predicted molar refractivity (Wildman–Crippen MR) is 242 cm³/mol. The van der Waals surface area contributed by atoms with E-state index in [2.05, 4.69) is 81.5 Å². The molecule has 0 heterocycles. The molecule has 6 heteroatoms. The maximum absolute atomic E-state index is 12.7. The fourth-order valence-electron chi connectivity index (χ4n) is 6.35. The van der Waals surface area contributed by atoms with Crippen molar-refractivity contribution >= 4 is 17.9 Å². The van der Waals surface area contributed by atoms with E-state index in [0.717, 1.165) is 103 Å². The summed E-state index contributed by atoms with van der Waals surface area (Å²) in [6.45, 7) is 6.48. The Morgan fingerprint density at radius 2 is 0.649 bits per heavy atom. The number of hydrogen-bond acceptors (Lipinski definition) is 6. The molecule has 328 valence electrons. The van der Waals surface area contributed by atoms with Crippen molar-refractivity contribution in [2.24, 2.45) is 0 Å². The minimum Gasteiger partial charge on any atom is -0.462 e. The lowest BCUT2D eigenvalue weighted by Gasteiger charge is -2.18. The summed E-state index contributed by atoms with van der Waals surface area (Å²) in [6, 6.07) is 0. The highest BCUT2D eigenvalue weighted by molar-refractivity contribution is 5.71. The molecule has 0 aliphatic carbocycles. The molecular formula is C51H88O6. The van der Waals surface area contributed by atoms with Crippen LogP contribution in [0.3, 0.4) is 0 Å². The maximum Gasteiger partial charge on any atom is 0.306 e. The molecule has 0 rings (SSSR count). The summed E-state index contributed by atoms with van der Waals surface area (Å²) in [7, 11) is 0. The molecule has 0 bridgehead atoms. The van der Waals surface area contributed by atoms with Gasteiger partial charge in [-0.1, -0.05) is 184 Å². The SMILES string of the molecule is CCCC/C=C\C/C=C\CCCCCCCC(=O)OC(COC(=O)CCCCCCCC)COC(=O)CCCCCCCC/C=C\C/C=C\C/C=C\CCCCC. The first-order valence-corrected chi connectivity index (χ1v) is 23.8. The van der Waals surface area contributed by atoms with Crippen molar-refractivity contribution in [3.8, 4) is 0 Å². The maximum atomic E-state index is 12.7.